The zero-order chi connectivity index (χ0) is 27.9. The van der Waals surface area contributed by atoms with Crippen molar-refractivity contribution in [3.8, 4) is 11.5 Å². The van der Waals surface area contributed by atoms with Gasteiger partial charge >= 0.3 is 0 Å². The van der Waals surface area contributed by atoms with Crippen molar-refractivity contribution in [1.82, 2.24) is 10.2 Å². The molecule has 40 heavy (non-hydrogen) atoms. The first-order chi connectivity index (χ1) is 19.4. The van der Waals surface area contributed by atoms with Crippen molar-refractivity contribution in [3.05, 3.63) is 66.2 Å². The Bertz CT molecular complexity index is 1340. The van der Waals surface area contributed by atoms with Crippen LogP contribution in [0.4, 0.5) is 5.69 Å². The number of rotatable bonds is 8. The van der Waals surface area contributed by atoms with E-state index >= 15 is 0 Å². The second-order valence-corrected chi connectivity index (χ2v) is 11.0. The Labute approximate surface area is 233 Å². The fraction of sp³-hybridized carbons (Fsp3) is 0.452. The van der Waals surface area contributed by atoms with Crippen molar-refractivity contribution in [2.24, 2.45) is 11.8 Å². The van der Waals surface area contributed by atoms with Gasteiger partial charge in [-0.05, 0) is 31.0 Å². The number of amides is 3. The van der Waals surface area contributed by atoms with Gasteiger partial charge in [-0.3, -0.25) is 14.4 Å². The number of hydrogen-bond donors (Lipinski definition) is 2. The fourth-order valence-corrected chi connectivity index (χ4v) is 6.91. The highest BCUT2D eigenvalue weighted by molar-refractivity contribution is 6.02. The van der Waals surface area contributed by atoms with Crippen molar-refractivity contribution < 1.29 is 28.6 Å². The van der Waals surface area contributed by atoms with Gasteiger partial charge in [0.2, 0.25) is 17.7 Å². The number of fused-ring (bicyclic) bond motifs is 1. The van der Waals surface area contributed by atoms with Crippen molar-refractivity contribution in [3.63, 3.8) is 0 Å². The Kier molecular flexibility index (Phi) is 7.00. The van der Waals surface area contributed by atoms with E-state index in [1.54, 1.807) is 43.4 Å². The number of anilines is 1. The Balaban J connectivity index is 1.33. The maximum Gasteiger partial charge on any atom is 0.246 e. The minimum Gasteiger partial charge on any atom is -0.497 e. The summed E-state index contributed by atoms with van der Waals surface area (Å²) in [5, 5.41) is 6.16. The Hall–Kier alpha value is -3.85. The Morgan fingerprint density at radius 2 is 1.82 bits per heavy atom. The number of ether oxygens (including phenoxy) is 3. The van der Waals surface area contributed by atoms with E-state index in [2.05, 4.69) is 10.6 Å². The largest absolute Gasteiger partial charge is 0.497 e. The first-order valence-corrected chi connectivity index (χ1v) is 14.0. The molecule has 2 aromatic rings. The van der Waals surface area contributed by atoms with Crippen LogP contribution in [-0.2, 0) is 25.7 Å². The van der Waals surface area contributed by atoms with Crippen LogP contribution in [0.2, 0.25) is 0 Å². The van der Waals surface area contributed by atoms with E-state index in [1.165, 1.54) is 0 Å². The number of para-hydroxylation sites is 1. The Morgan fingerprint density at radius 3 is 2.60 bits per heavy atom. The lowest BCUT2D eigenvalue weighted by Crippen LogP contribution is -2.56. The summed E-state index contributed by atoms with van der Waals surface area (Å²) in [6, 6.07) is 13.7. The molecule has 2 N–H and O–H groups in total. The molecule has 210 valence electrons. The van der Waals surface area contributed by atoms with Gasteiger partial charge in [-0.15, -0.1) is 0 Å². The van der Waals surface area contributed by atoms with Crippen LogP contribution < -0.4 is 20.1 Å². The summed E-state index contributed by atoms with van der Waals surface area (Å²) < 4.78 is 17.3. The number of nitrogens with one attached hydrogen (secondary N) is 2. The van der Waals surface area contributed by atoms with Gasteiger partial charge in [-0.25, -0.2) is 0 Å². The molecule has 0 aromatic heterocycles. The molecule has 0 unspecified atom stereocenters. The predicted molar refractivity (Wildman–Crippen MR) is 148 cm³/mol. The lowest BCUT2D eigenvalue weighted by atomic mass is 9.74. The van der Waals surface area contributed by atoms with Gasteiger partial charge in [-0.2, -0.15) is 0 Å². The van der Waals surface area contributed by atoms with E-state index in [0.29, 0.717) is 17.2 Å². The third-order valence-corrected chi connectivity index (χ3v) is 8.75. The second kappa shape index (κ2) is 10.6. The zero-order valence-electron chi connectivity index (χ0n) is 22.8. The number of benzene rings is 2. The highest BCUT2D eigenvalue weighted by Crippen LogP contribution is 2.55. The van der Waals surface area contributed by atoms with E-state index in [-0.39, 0.29) is 30.3 Å². The van der Waals surface area contributed by atoms with Crippen LogP contribution in [0.3, 0.4) is 0 Å². The number of hydrogen-bond acceptors (Lipinski definition) is 6. The molecule has 3 aliphatic heterocycles. The first kappa shape index (κ1) is 26.4. The smallest absolute Gasteiger partial charge is 0.246 e. The van der Waals surface area contributed by atoms with Crippen LogP contribution >= 0.6 is 0 Å². The molecular formula is C31H35N3O6. The lowest BCUT2D eigenvalue weighted by molar-refractivity contribution is -0.142. The normalized spacial score (nSPS) is 28.9. The van der Waals surface area contributed by atoms with Crippen LogP contribution in [0, 0.1) is 11.8 Å². The molecule has 1 spiro atoms. The molecule has 2 saturated heterocycles. The topological polar surface area (TPSA) is 106 Å². The van der Waals surface area contributed by atoms with Gasteiger partial charge in [0.15, 0.2) is 0 Å². The number of carbonyl (C=O) groups is 3. The molecule has 3 amide bonds. The van der Waals surface area contributed by atoms with Gasteiger partial charge < -0.3 is 29.7 Å². The van der Waals surface area contributed by atoms with Gasteiger partial charge in [0.05, 0.1) is 38.7 Å². The van der Waals surface area contributed by atoms with Crippen LogP contribution in [0.25, 0.3) is 0 Å². The molecule has 1 aliphatic carbocycles. The van der Waals surface area contributed by atoms with E-state index in [4.69, 9.17) is 14.2 Å². The summed E-state index contributed by atoms with van der Waals surface area (Å²) in [5.74, 6) is -1.21. The highest BCUT2D eigenvalue weighted by atomic mass is 16.5. The number of methoxy groups -OCH3 is 2. The van der Waals surface area contributed by atoms with Gasteiger partial charge in [0, 0.05) is 23.4 Å². The van der Waals surface area contributed by atoms with Crippen molar-refractivity contribution in [1.29, 1.82) is 0 Å². The van der Waals surface area contributed by atoms with Gasteiger partial charge in [-0.1, -0.05) is 55.7 Å². The van der Waals surface area contributed by atoms with Crippen molar-refractivity contribution in [2.45, 2.75) is 62.4 Å². The van der Waals surface area contributed by atoms with E-state index in [9.17, 15) is 14.4 Å². The predicted octanol–water partition coefficient (Wildman–Crippen LogP) is 3.44. The van der Waals surface area contributed by atoms with Gasteiger partial charge in [0.1, 0.15) is 23.1 Å². The fourth-order valence-electron chi connectivity index (χ4n) is 6.91. The quantitative estimate of drug-likeness (QED) is 0.493. The van der Waals surface area contributed by atoms with Crippen LogP contribution in [-0.4, -0.2) is 60.6 Å². The molecule has 1 saturated carbocycles. The monoisotopic (exact) mass is 545 g/mol. The summed E-state index contributed by atoms with van der Waals surface area (Å²) in [6.07, 6.45) is 8.20. The summed E-state index contributed by atoms with van der Waals surface area (Å²) in [5.41, 5.74) is 0.119. The minimum atomic E-state index is -1.22. The number of likely N-dealkylation sites (tertiary alicyclic amines) is 1. The van der Waals surface area contributed by atoms with Crippen LogP contribution in [0.5, 0.6) is 11.5 Å². The molecule has 2 aromatic carbocycles. The first-order valence-electron chi connectivity index (χ1n) is 14.0. The van der Waals surface area contributed by atoms with E-state index in [1.807, 2.05) is 36.4 Å². The maximum absolute atomic E-state index is 14.2. The Morgan fingerprint density at radius 1 is 1.02 bits per heavy atom. The van der Waals surface area contributed by atoms with Crippen LogP contribution in [0.15, 0.2) is 60.7 Å². The summed E-state index contributed by atoms with van der Waals surface area (Å²) in [6.45, 7) is 0.163. The van der Waals surface area contributed by atoms with Crippen LogP contribution in [0.1, 0.15) is 37.7 Å². The SMILES string of the molecule is COc1cccc(NC(=O)[C@@H]2[C@H]3C=C[C@@]4(O3)[C@H]2C(=O)N(Cc2ccccc2OC)[C@@H]4C(=O)NC2CCCCC2)c1. The summed E-state index contributed by atoms with van der Waals surface area (Å²) in [4.78, 5) is 43.5. The molecule has 3 heterocycles. The molecule has 6 rings (SSSR count). The molecule has 9 nitrogen and oxygen atoms in total. The maximum atomic E-state index is 14.2. The summed E-state index contributed by atoms with van der Waals surface area (Å²) >= 11 is 0. The molecule has 3 fully saturated rings. The van der Waals surface area contributed by atoms with Gasteiger partial charge in [0.25, 0.3) is 0 Å². The van der Waals surface area contributed by atoms with Crippen molar-refractivity contribution in [2.75, 3.05) is 19.5 Å². The highest BCUT2D eigenvalue weighted by Gasteiger charge is 2.72. The van der Waals surface area contributed by atoms with E-state index < -0.39 is 29.6 Å². The third kappa shape index (κ3) is 4.42. The average Bonchev–Trinajstić information content (AvgIpc) is 3.61. The van der Waals surface area contributed by atoms with E-state index in [0.717, 1.165) is 37.7 Å². The molecule has 0 radical (unpaired) electrons. The third-order valence-electron chi connectivity index (χ3n) is 8.75. The molecular weight excluding hydrogens is 510 g/mol. The number of nitrogens with zero attached hydrogens (tertiary/aromatic N) is 1. The standard InChI is InChI=1S/C31H35N3O6/c1-38-22-13-8-12-21(17-22)33-28(35)25-24-15-16-31(40-24)26(25)30(37)34(18-19-9-6-7-14-23(19)39-2)27(31)29(36)32-20-10-4-3-5-11-20/h6-9,12-17,20,24-27H,3-5,10-11,18H2,1-2H3,(H,32,36)(H,33,35)/t24-,25-,26-,27-,31-/m1/s1. The second-order valence-electron chi connectivity index (χ2n) is 11.0. The zero-order valence-corrected chi connectivity index (χ0v) is 22.8. The molecule has 5 atom stereocenters. The number of carbonyl (C=O) groups excluding carboxylic acids is 3. The average molecular weight is 546 g/mol. The molecule has 9 heteroatoms. The molecule has 2 bridgehead atoms. The van der Waals surface area contributed by atoms with Crippen molar-refractivity contribution >= 4 is 23.4 Å². The molecule has 4 aliphatic rings. The lowest BCUT2D eigenvalue weighted by Gasteiger charge is -2.34. The summed E-state index contributed by atoms with van der Waals surface area (Å²) in [7, 11) is 3.14. The minimum absolute atomic E-state index is 0.0645.